The van der Waals surface area contributed by atoms with Crippen molar-refractivity contribution in [2.75, 3.05) is 28.3 Å². The number of nitrogens with zero attached hydrogens (tertiary/aromatic N) is 1. The Morgan fingerprint density at radius 1 is 1.29 bits per heavy atom. The van der Waals surface area contributed by atoms with Gasteiger partial charge in [0.05, 0.1) is 20.3 Å². The molecule has 0 heterocycles. The molecule has 6 nitrogen and oxygen atoms in total. The highest BCUT2D eigenvalue weighted by molar-refractivity contribution is 5.95. The Morgan fingerprint density at radius 3 is 2.21 bits per heavy atom. The van der Waals surface area contributed by atoms with Crippen molar-refractivity contribution in [2.45, 2.75) is 0 Å². The summed E-state index contributed by atoms with van der Waals surface area (Å²) in [6.45, 7) is 0. The molecule has 0 aromatic rings. The lowest BCUT2D eigenvalue weighted by atomic mass is 10.4. The number of carbonyl (C=O) groups excluding carboxylic acids is 2. The largest absolute Gasteiger partial charge is 0.466 e. The van der Waals surface area contributed by atoms with Crippen LogP contribution in [0.15, 0.2) is 11.8 Å². The van der Waals surface area contributed by atoms with Crippen LogP contribution >= 0.6 is 0 Å². The van der Waals surface area contributed by atoms with Crippen LogP contribution in [0.5, 0.6) is 0 Å². The molecule has 0 aromatic heterocycles. The highest BCUT2D eigenvalue weighted by Gasteiger charge is 2.15. The number of ether oxygens (including phenoxy) is 2. The van der Waals surface area contributed by atoms with Gasteiger partial charge in [0, 0.05) is 14.1 Å². The van der Waals surface area contributed by atoms with Crippen molar-refractivity contribution in [1.29, 1.82) is 0 Å². The lowest BCUT2D eigenvalue weighted by Crippen LogP contribution is -2.34. The summed E-state index contributed by atoms with van der Waals surface area (Å²) >= 11 is 0. The fourth-order valence-electron chi connectivity index (χ4n) is 0.688. The van der Waals surface area contributed by atoms with Crippen LogP contribution in [0.2, 0.25) is 0 Å². The predicted octanol–water partition coefficient (Wildman–Crippen LogP) is -0.717. The Labute approximate surface area is 82.4 Å². The first-order chi connectivity index (χ1) is 6.56. The first kappa shape index (κ1) is 12.4. The van der Waals surface area contributed by atoms with Crippen LogP contribution in [-0.4, -0.2) is 45.3 Å². The molecule has 0 amide bonds. The molecule has 0 unspecified atom stereocenters. The predicted molar refractivity (Wildman–Crippen MR) is 48.9 cm³/mol. The van der Waals surface area contributed by atoms with Crippen molar-refractivity contribution in [1.82, 2.24) is 10.4 Å². The lowest BCUT2D eigenvalue weighted by Gasteiger charge is -2.18. The monoisotopic (exact) mass is 202 g/mol. The van der Waals surface area contributed by atoms with Gasteiger partial charge in [0.2, 0.25) is 0 Å². The van der Waals surface area contributed by atoms with Crippen molar-refractivity contribution in [3.8, 4) is 0 Å². The van der Waals surface area contributed by atoms with E-state index in [2.05, 4.69) is 14.9 Å². The molecule has 0 bridgehead atoms. The van der Waals surface area contributed by atoms with Crippen molar-refractivity contribution in [3.63, 3.8) is 0 Å². The van der Waals surface area contributed by atoms with E-state index in [1.165, 1.54) is 19.2 Å². The number of rotatable bonds is 4. The Morgan fingerprint density at radius 2 is 1.86 bits per heavy atom. The second-order valence-corrected chi connectivity index (χ2v) is 2.33. The van der Waals surface area contributed by atoms with Gasteiger partial charge in [-0.3, -0.25) is 0 Å². The summed E-state index contributed by atoms with van der Waals surface area (Å²) in [5.41, 5.74) is 2.74. The van der Waals surface area contributed by atoms with E-state index in [0.29, 0.717) is 0 Å². The number of carbonyl (C=O) groups is 2. The molecule has 0 saturated heterocycles. The fourth-order valence-corrected chi connectivity index (χ4v) is 0.688. The van der Waals surface area contributed by atoms with Crippen molar-refractivity contribution in [3.05, 3.63) is 11.8 Å². The van der Waals surface area contributed by atoms with Gasteiger partial charge >= 0.3 is 11.9 Å². The van der Waals surface area contributed by atoms with Crippen molar-refractivity contribution >= 4 is 11.9 Å². The quantitative estimate of drug-likeness (QED) is 0.369. The third-order valence-electron chi connectivity index (χ3n) is 1.55. The zero-order valence-electron chi connectivity index (χ0n) is 8.66. The third-order valence-corrected chi connectivity index (χ3v) is 1.55. The Balaban J connectivity index is 4.80. The molecule has 0 rings (SSSR count). The molecule has 6 heteroatoms. The second-order valence-electron chi connectivity index (χ2n) is 2.33. The molecule has 80 valence electrons. The molecule has 0 radical (unpaired) electrons. The molecule has 0 aromatic carbocycles. The van der Waals surface area contributed by atoms with Crippen LogP contribution in [0.3, 0.4) is 0 Å². The first-order valence-corrected chi connectivity index (χ1v) is 3.85. The maximum absolute atomic E-state index is 11.2. The number of nitrogens with one attached hydrogen (secondary N) is 1. The van der Waals surface area contributed by atoms with Gasteiger partial charge in [0.15, 0.2) is 0 Å². The molecule has 0 spiro atoms. The van der Waals surface area contributed by atoms with Crippen LogP contribution in [0.4, 0.5) is 0 Å². The van der Waals surface area contributed by atoms with Gasteiger partial charge in [-0.1, -0.05) is 0 Å². The molecule has 0 aliphatic heterocycles. The minimum absolute atomic E-state index is 0.0712. The van der Waals surface area contributed by atoms with E-state index < -0.39 is 11.9 Å². The number of likely N-dealkylation sites (N-methyl/N-ethyl adjacent to an activating group) is 1. The SMILES string of the molecule is CNN(C)/C(=C/C(=O)OC)C(=O)OC. The van der Waals surface area contributed by atoms with Crippen LogP contribution in [0.1, 0.15) is 0 Å². The van der Waals surface area contributed by atoms with Gasteiger partial charge in [-0.25, -0.2) is 15.0 Å². The molecule has 0 atom stereocenters. The van der Waals surface area contributed by atoms with E-state index in [1.54, 1.807) is 14.1 Å². The highest BCUT2D eigenvalue weighted by atomic mass is 16.5. The maximum Gasteiger partial charge on any atom is 0.355 e. The van der Waals surface area contributed by atoms with E-state index >= 15 is 0 Å². The number of hydrazine groups is 1. The van der Waals surface area contributed by atoms with Gasteiger partial charge in [0.1, 0.15) is 5.70 Å². The summed E-state index contributed by atoms with van der Waals surface area (Å²) in [5.74, 6) is -1.24. The highest BCUT2D eigenvalue weighted by Crippen LogP contribution is 2.01. The summed E-state index contributed by atoms with van der Waals surface area (Å²) in [5, 5.41) is 1.35. The molecule has 14 heavy (non-hydrogen) atoms. The molecule has 0 fully saturated rings. The van der Waals surface area contributed by atoms with Gasteiger partial charge in [0.25, 0.3) is 0 Å². The average Bonchev–Trinajstić information content (AvgIpc) is 2.23. The second kappa shape index (κ2) is 5.98. The fraction of sp³-hybridized carbons (Fsp3) is 0.500. The van der Waals surface area contributed by atoms with Crippen molar-refractivity contribution < 1.29 is 19.1 Å². The van der Waals surface area contributed by atoms with Crippen LogP contribution in [0.25, 0.3) is 0 Å². The first-order valence-electron chi connectivity index (χ1n) is 3.85. The smallest absolute Gasteiger partial charge is 0.355 e. The van der Waals surface area contributed by atoms with E-state index in [1.807, 2.05) is 0 Å². The van der Waals surface area contributed by atoms with Crippen molar-refractivity contribution in [2.24, 2.45) is 0 Å². The molecule has 0 aliphatic rings. The molecule has 1 N–H and O–H groups in total. The summed E-state index contributed by atoms with van der Waals surface area (Å²) in [6, 6.07) is 0. The molecular formula is C8H14N2O4. The minimum atomic E-state index is -0.618. The zero-order valence-corrected chi connectivity index (χ0v) is 8.66. The minimum Gasteiger partial charge on any atom is -0.466 e. The Bertz CT molecular complexity index is 250. The summed E-state index contributed by atoms with van der Waals surface area (Å²) in [7, 11) is 5.64. The topological polar surface area (TPSA) is 67.9 Å². The number of hydrogen-bond donors (Lipinski definition) is 1. The Kier molecular flexibility index (Phi) is 5.31. The molecular weight excluding hydrogens is 188 g/mol. The van der Waals surface area contributed by atoms with Gasteiger partial charge in [-0.15, -0.1) is 0 Å². The maximum atomic E-state index is 11.2. The standard InChI is InChI=1S/C8H14N2O4/c1-9-10(2)6(8(12)14-4)5-7(11)13-3/h5,9H,1-4H3/b6-5+. The van der Waals surface area contributed by atoms with Crippen LogP contribution < -0.4 is 5.43 Å². The van der Waals surface area contributed by atoms with E-state index in [0.717, 1.165) is 6.08 Å². The number of methoxy groups -OCH3 is 2. The molecule has 0 aliphatic carbocycles. The van der Waals surface area contributed by atoms with E-state index in [4.69, 9.17) is 0 Å². The van der Waals surface area contributed by atoms with Crippen LogP contribution in [0, 0.1) is 0 Å². The van der Waals surface area contributed by atoms with Gasteiger partial charge < -0.3 is 14.5 Å². The van der Waals surface area contributed by atoms with E-state index in [-0.39, 0.29) is 5.70 Å². The average molecular weight is 202 g/mol. The summed E-state index contributed by atoms with van der Waals surface area (Å²) < 4.78 is 8.88. The van der Waals surface area contributed by atoms with Gasteiger partial charge in [-0.2, -0.15) is 0 Å². The van der Waals surface area contributed by atoms with Gasteiger partial charge in [-0.05, 0) is 0 Å². The summed E-state index contributed by atoms with van der Waals surface area (Å²) in [4.78, 5) is 22.1. The number of esters is 2. The zero-order chi connectivity index (χ0) is 11.1. The lowest BCUT2D eigenvalue weighted by molar-refractivity contribution is -0.140. The summed E-state index contributed by atoms with van der Waals surface area (Å²) in [6.07, 6.45) is 1.04. The molecule has 0 saturated carbocycles. The third kappa shape index (κ3) is 3.44. The number of hydrogen-bond acceptors (Lipinski definition) is 6. The normalized spacial score (nSPS) is 10.7. The van der Waals surface area contributed by atoms with E-state index in [9.17, 15) is 9.59 Å². The van der Waals surface area contributed by atoms with Crippen LogP contribution in [-0.2, 0) is 19.1 Å². The Hall–Kier alpha value is -1.56.